The molecule has 1 rings (SSSR count). The number of amides is 1. The average molecular weight is 263 g/mol. The van der Waals surface area contributed by atoms with E-state index in [0.29, 0.717) is 23.8 Å². The molecule has 1 unspecified atom stereocenters. The van der Waals surface area contributed by atoms with Crippen molar-refractivity contribution in [1.82, 2.24) is 10.2 Å². The molecule has 0 radical (unpaired) electrons. The lowest BCUT2D eigenvalue weighted by atomic mass is 10.1. The molecule has 1 aromatic rings. The molecule has 1 aromatic carbocycles. The minimum absolute atomic E-state index is 0.0534. The number of anilines is 1. The first-order valence-corrected chi connectivity index (χ1v) is 6.80. The number of nitrogens with one attached hydrogen (secondary N) is 1. The van der Waals surface area contributed by atoms with Gasteiger partial charge < -0.3 is 16.0 Å². The van der Waals surface area contributed by atoms with Gasteiger partial charge in [0.15, 0.2) is 0 Å². The third kappa shape index (κ3) is 4.56. The highest BCUT2D eigenvalue weighted by Crippen LogP contribution is 2.12. The minimum atomic E-state index is -0.0534. The second-order valence-corrected chi connectivity index (χ2v) is 5.07. The number of carbonyl (C=O) groups excluding carboxylic acids is 1. The molecule has 0 bridgehead atoms. The van der Waals surface area contributed by atoms with Crippen molar-refractivity contribution < 1.29 is 4.79 Å². The van der Waals surface area contributed by atoms with Gasteiger partial charge in [-0.1, -0.05) is 13.0 Å². The number of hydrogen-bond acceptors (Lipinski definition) is 3. The number of nitrogens with two attached hydrogens (primary N) is 1. The number of carbonyl (C=O) groups is 1. The maximum absolute atomic E-state index is 12.1. The van der Waals surface area contributed by atoms with E-state index < -0.39 is 0 Å². The van der Waals surface area contributed by atoms with Crippen molar-refractivity contribution in [2.24, 2.45) is 0 Å². The van der Waals surface area contributed by atoms with Crippen molar-refractivity contribution in [2.75, 3.05) is 25.9 Å². The second kappa shape index (κ2) is 7.14. The van der Waals surface area contributed by atoms with Crippen LogP contribution in [-0.4, -0.2) is 37.0 Å². The molecule has 4 nitrogen and oxygen atoms in total. The monoisotopic (exact) mass is 263 g/mol. The molecular weight excluding hydrogens is 238 g/mol. The summed E-state index contributed by atoms with van der Waals surface area (Å²) in [6.07, 6.45) is 1.11. The summed E-state index contributed by atoms with van der Waals surface area (Å²) in [5.74, 6) is -0.0534. The van der Waals surface area contributed by atoms with Crippen molar-refractivity contribution >= 4 is 11.6 Å². The Labute approximate surface area is 116 Å². The number of nitrogen functional groups attached to an aromatic ring is 1. The first-order valence-electron chi connectivity index (χ1n) is 6.80. The Bertz CT molecular complexity index is 431. The second-order valence-electron chi connectivity index (χ2n) is 5.07. The normalized spacial score (nSPS) is 12.5. The van der Waals surface area contributed by atoms with Crippen LogP contribution in [0, 0.1) is 6.92 Å². The zero-order chi connectivity index (χ0) is 14.4. The van der Waals surface area contributed by atoms with Crippen LogP contribution in [-0.2, 0) is 0 Å². The van der Waals surface area contributed by atoms with E-state index in [1.807, 2.05) is 19.1 Å². The van der Waals surface area contributed by atoms with Crippen molar-refractivity contribution in [3.8, 4) is 0 Å². The number of hydrogen-bond donors (Lipinski definition) is 2. The summed E-state index contributed by atoms with van der Waals surface area (Å²) in [6, 6.07) is 5.94. The Morgan fingerprint density at radius 1 is 1.47 bits per heavy atom. The van der Waals surface area contributed by atoms with E-state index >= 15 is 0 Å². The zero-order valence-corrected chi connectivity index (χ0v) is 12.4. The van der Waals surface area contributed by atoms with Crippen LogP contribution in [0.1, 0.15) is 36.2 Å². The minimum Gasteiger partial charge on any atom is -0.399 e. The van der Waals surface area contributed by atoms with E-state index in [0.717, 1.165) is 18.5 Å². The molecule has 3 N–H and O–H groups in total. The number of rotatable bonds is 6. The highest BCUT2D eigenvalue weighted by molar-refractivity contribution is 5.96. The van der Waals surface area contributed by atoms with Gasteiger partial charge in [0.25, 0.3) is 5.91 Å². The van der Waals surface area contributed by atoms with Crippen molar-refractivity contribution in [3.05, 3.63) is 29.3 Å². The number of benzene rings is 1. The third-order valence-electron chi connectivity index (χ3n) is 3.60. The van der Waals surface area contributed by atoms with Crippen LogP contribution in [0.25, 0.3) is 0 Å². The van der Waals surface area contributed by atoms with E-state index in [1.165, 1.54) is 0 Å². The molecule has 0 aliphatic carbocycles. The summed E-state index contributed by atoms with van der Waals surface area (Å²) in [5.41, 5.74) is 7.93. The van der Waals surface area contributed by atoms with E-state index in [4.69, 9.17) is 5.73 Å². The van der Waals surface area contributed by atoms with Crippen LogP contribution in [0.2, 0.25) is 0 Å². The fourth-order valence-electron chi connectivity index (χ4n) is 1.86. The van der Waals surface area contributed by atoms with Gasteiger partial charge in [-0.3, -0.25) is 4.79 Å². The van der Waals surface area contributed by atoms with Gasteiger partial charge in [0, 0.05) is 30.4 Å². The van der Waals surface area contributed by atoms with E-state index in [1.54, 1.807) is 6.07 Å². The number of aryl methyl sites for hydroxylation is 1. The van der Waals surface area contributed by atoms with Gasteiger partial charge in [-0.15, -0.1) is 0 Å². The van der Waals surface area contributed by atoms with Gasteiger partial charge in [0.1, 0.15) is 0 Å². The Hall–Kier alpha value is -1.55. The SMILES string of the molecule is CCC(C)N(C)CCNC(=O)c1cc(N)ccc1C. The summed E-state index contributed by atoms with van der Waals surface area (Å²) < 4.78 is 0. The van der Waals surface area contributed by atoms with Gasteiger partial charge >= 0.3 is 0 Å². The summed E-state index contributed by atoms with van der Waals surface area (Å²) in [6.45, 7) is 7.76. The molecule has 106 valence electrons. The number of nitrogens with zero attached hydrogens (tertiary/aromatic N) is 1. The van der Waals surface area contributed by atoms with Crippen LogP contribution in [0.5, 0.6) is 0 Å². The van der Waals surface area contributed by atoms with Crippen LogP contribution >= 0.6 is 0 Å². The largest absolute Gasteiger partial charge is 0.399 e. The molecule has 0 aromatic heterocycles. The summed E-state index contributed by atoms with van der Waals surface area (Å²) in [5, 5.41) is 2.94. The first-order chi connectivity index (χ1) is 8.95. The number of likely N-dealkylation sites (N-methyl/N-ethyl adjacent to an activating group) is 1. The van der Waals surface area contributed by atoms with Crippen LogP contribution in [0.3, 0.4) is 0 Å². The summed E-state index contributed by atoms with van der Waals surface area (Å²) >= 11 is 0. The predicted molar refractivity (Wildman–Crippen MR) is 80.3 cm³/mol. The lowest BCUT2D eigenvalue weighted by Gasteiger charge is -2.23. The fourth-order valence-corrected chi connectivity index (χ4v) is 1.86. The van der Waals surface area contributed by atoms with Gasteiger partial charge in [0.2, 0.25) is 0 Å². The summed E-state index contributed by atoms with van der Waals surface area (Å²) in [4.78, 5) is 14.3. The lowest BCUT2D eigenvalue weighted by Crippen LogP contribution is -2.37. The maximum atomic E-state index is 12.1. The van der Waals surface area contributed by atoms with E-state index in [9.17, 15) is 4.79 Å². The molecular formula is C15H25N3O. The topological polar surface area (TPSA) is 58.4 Å². The van der Waals surface area contributed by atoms with Crippen molar-refractivity contribution in [1.29, 1.82) is 0 Å². The van der Waals surface area contributed by atoms with Gasteiger partial charge in [-0.2, -0.15) is 0 Å². The van der Waals surface area contributed by atoms with Gasteiger partial charge in [-0.25, -0.2) is 0 Å². The molecule has 1 atom stereocenters. The van der Waals surface area contributed by atoms with E-state index in [2.05, 4.69) is 31.1 Å². The lowest BCUT2D eigenvalue weighted by molar-refractivity contribution is 0.0947. The van der Waals surface area contributed by atoms with Gasteiger partial charge in [0.05, 0.1) is 0 Å². The van der Waals surface area contributed by atoms with Crippen LogP contribution in [0.4, 0.5) is 5.69 Å². The smallest absolute Gasteiger partial charge is 0.251 e. The third-order valence-corrected chi connectivity index (χ3v) is 3.60. The Balaban J connectivity index is 2.50. The van der Waals surface area contributed by atoms with Crippen LogP contribution < -0.4 is 11.1 Å². The highest BCUT2D eigenvalue weighted by atomic mass is 16.1. The zero-order valence-electron chi connectivity index (χ0n) is 12.4. The molecule has 0 saturated heterocycles. The molecule has 0 aliphatic rings. The average Bonchev–Trinajstić information content (AvgIpc) is 2.40. The fraction of sp³-hybridized carbons (Fsp3) is 0.533. The quantitative estimate of drug-likeness (QED) is 0.772. The van der Waals surface area contributed by atoms with Gasteiger partial charge in [-0.05, 0) is 45.0 Å². The Morgan fingerprint density at radius 3 is 2.79 bits per heavy atom. The molecule has 4 heteroatoms. The van der Waals surface area contributed by atoms with Crippen LogP contribution in [0.15, 0.2) is 18.2 Å². The molecule has 0 heterocycles. The molecule has 0 aliphatic heterocycles. The highest BCUT2D eigenvalue weighted by Gasteiger charge is 2.10. The standard InChI is InChI=1S/C15H25N3O/c1-5-12(3)18(4)9-8-17-15(19)14-10-13(16)7-6-11(14)2/h6-7,10,12H,5,8-9,16H2,1-4H3,(H,17,19). The van der Waals surface area contributed by atoms with E-state index in [-0.39, 0.29) is 5.91 Å². The summed E-state index contributed by atoms with van der Waals surface area (Å²) in [7, 11) is 2.08. The van der Waals surface area contributed by atoms with Crippen molar-refractivity contribution in [2.45, 2.75) is 33.2 Å². The molecule has 0 fully saturated rings. The maximum Gasteiger partial charge on any atom is 0.251 e. The Morgan fingerprint density at radius 2 is 2.16 bits per heavy atom. The predicted octanol–water partition coefficient (Wildman–Crippen LogP) is 2.04. The molecule has 1 amide bonds. The molecule has 19 heavy (non-hydrogen) atoms. The van der Waals surface area contributed by atoms with Crippen molar-refractivity contribution in [3.63, 3.8) is 0 Å². The first kappa shape index (κ1) is 15.5. The molecule has 0 saturated carbocycles. The Kier molecular flexibility index (Phi) is 5.83. The molecule has 0 spiro atoms.